The fourth-order valence-corrected chi connectivity index (χ4v) is 3.94. The Bertz CT molecular complexity index is 968. The standard InChI is InChI=1S/C19H15BrFN3O2S2/c20-13-5-3-4-12(10-13)11-16-17(25)24(19(26)28-16)9-8-22-18(27)23-15-7-2-1-6-14(15)21/h1-7,10-11H,8-9H2,(H2,22,23,27)/b16-11-. The van der Waals surface area contributed by atoms with Crippen LogP contribution in [0.3, 0.4) is 0 Å². The van der Waals surface area contributed by atoms with E-state index in [4.69, 9.17) is 12.2 Å². The van der Waals surface area contributed by atoms with E-state index >= 15 is 0 Å². The molecule has 2 amide bonds. The van der Waals surface area contributed by atoms with E-state index in [2.05, 4.69) is 26.6 Å². The summed E-state index contributed by atoms with van der Waals surface area (Å²) < 4.78 is 14.5. The predicted molar refractivity (Wildman–Crippen MR) is 117 cm³/mol. The minimum atomic E-state index is -0.421. The molecule has 2 aromatic carbocycles. The number of hydrogen-bond acceptors (Lipinski definition) is 4. The molecular weight excluding hydrogens is 465 g/mol. The van der Waals surface area contributed by atoms with Crippen molar-refractivity contribution in [2.75, 3.05) is 18.4 Å². The van der Waals surface area contributed by atoms with Crippen LogP contribution in [0.1, 0.15) is 5.56 Å². The SMILES string of the molecule is O=C1S/C(=C\c2cccc(Br)c2)C(=O)N1CCNC(=S)Nc1ccccc1F. The van der Waals surface area contributed by atoms with Crippen LogP contribution >= 0.6 is 39.9 Å². The molecule has 28 heavy (non-hydrogen) atoms. The van der Waals surface area contributed by atoms with E-state index < -0.39 is 5.82 Å². The number of carbonyl (C=O) groups excluding carboxylic acids is 2. The third kappa shape index (κ3) is 5.18. The molecule has 0 unspecified atom stereocenters. The second-order valence-corrected chi connectivity index (χ2v) is 8.07. The summed E-state index contributed by atoms with van der Waals surface area (Å²) in [7, 11) is 0. The van der Waals surface area contributed by atoms with Crippen molar-refractivity contribution >= 4 is 67.9 Å². The molecule has 1 aliphatic rings. The third-order valence-electron chi connectivity index (χ3n) is 3.76. The number of halogens is 2. The van der Waals surface area contributed by atoms with Gasteiger partial charge in [-0.25, -0.2) is 4.39 Å². The molecule has 0 aliphatic carbocycles. The lowest BCUT2D eigenvalue weighted by atomic mass is 10.2. The highest BCUT2D eigenvalue weighted by Crippen LogP contribution is 2.32. The molecule has 9 heteroatoms. The van der Waals surface area contributed by atoms with E-state index in [1.165, 1.54) is 6.07 Å². The zero-order valence-corrected chi connectivity index (χ0v) is 17.7. The number of nitrogens with zero attached hydrogens (tertiary/aromatic N) is 1. The van der Waals surface area contributed by atoms with Gasteiger partial charge in [0.25, 0.3) is 11.1 Å². The summed E-state index contributed by atoms with van der Waals surface area (Å²) in [6.07, 6.45) is 1.69. The van der Waals surface area contributed by atoms with Crippen LogP contribution in [0.2, 0.25) is 0 Å². The van der Waals surface area contributed by atoms with Crippen molar-refractivity contribution < 1.29 is 14.0 Å². The molecule has 5 nitrogen and oxygen atoms in total. The van der Waals surface area contributed by atoms with E-state index in [1.807, 2.05) is 24.3 Å². The van der Waals surface area contributed by atoms with Gasteiger partial charge in [0, 0.05) is 17.6 Å². The molecule has 0 spiro atoms. The molecule has 3 rings (SSSR count). The number of benzene rings is 2. The Labute approximate surface area is 179 Å². The van der Waals surface area contributed by atoms with Crippen molar-refractivity contribution in [3.8, 4) is 0 Å². The zero-order valence-electron chi connectivity index (χ0n) is 14.4. The minimum absolute atomic E-state index is 0.152. The van der Waals surface area contributed by atoms with Crippen LogP contribution in [-0.4, -0.2) is 34.2 Å². The van der Waals surface area contributed by atoms with Crippen LogP contribution in [0.4, 0.5) is 14.9 Å². The molecule has 0 atom stereocenters. The van der Waals surface area contributed by atoms with Crippen LogP contribution in [-0.2, 0) is 4.79 Å². The molecule has 0 aromatic heterocycles. The fourth-order valence-electron chi connectivity index (χ4n) is 2.45. The highest BCUT2D eigenvalue weighted by atomic mass is 79.9. The number of thioether (sulfide) groups is 1. The van der Waals surface area contributed by atoms with Gasteiger partial charge in [0.05, 0.1) is 10.6 Å². The summed E-state index contributed by atoms with van der Waals surface area (Å²) in [5.74, 6) is -0.764. The van der Waals surface area contributed by atoms with Gasteiger partial charge in [-0.15, -0.1) is 0 Å². The summed E-state index contributed by atoms with van der Waals surface area (Å²) in [5.41, 5.74) is 1.08. The zero-order chi connectivity index (χ0) is 20.1. The summed E-state index contributed by atoms with van der Waals surface area (Å²) in [6, 6.07) is 13.6. The van der Waals surface area contributed by atoms with Crippen LogP contribution in [0.5, 0.6) is 0 Å². The first-order chi connectivity index (χ1) is 13.4. The molecule has 2 N–H and O–H groups in total. The monoisotopic (exact) mass is 479 g/mol. The average molecular weight is 480 g/mol. The number of nitrogens with one attached hydrogen (secondary N) is 2. The summed E-state index contributed by atoms with van der Waals surface area (Å²) >= 11 is 9.40. The van der Waals surface area contributed by atoms with Crippen molar-refractivity contribution in [3.05, 3.63) is 69.3 Å². The average Bonchev–Trinajstić information content (AvgIpc) is 2.91. The lowest BCUT2D eigenvalue weighted by molar-refractivity contribution is -0.122. The summed E-state index contributed by atoms with van der Waals surface area (Å²) in [6.45, 7) is 0.405. The third-order valence-corrected chi connectivity index (χ3v) is 5.41. The molecule has 1 saturated heterocycles. The summed E-state index contributed by atoms with van der Waals surface area (Å²) in [4.78, 5) is 26.2. The smallest absolute Gasteiger partial charge is 0.293 e. The number of rotatable bonds is 5. The Kier molecular flexibility index (Phi) is 6.82. The van der Waals surface area contributed by atoms with Crippen molar-refractivity contribution in [1.82, 2.24) is 10.2 Å². The number of imide groups is 1. The largest absolute Gasteiger partial charge is 0.361 e. The Hall–Kier alpha value is -2.23. The number of para-hydroxylation sites is 1. The van der Waals surface area contributed by atoms with Gasteiger partial charge in [-0.05, 0) is 59.9 Å². The first-order valence-electron chi connectivity index (χ1n) is 8.24. The van der Waals surface area contributed by atoms with E-state index in [0.29, 0.717) is 4.91 Å². The second kappa shape index (κ2) is 9.31. The molecule has 0 radical (unpaired) electrons. The molecular formula is C19H15BrFN3O2S2. The van der Waals surface area contributed by atoms with Crippen molar-refractivity contribution in [3.63, 3.8) is 0 Å². The quantitative estimate of drug-likeness (QED) is 0.482. The number of carbonyl (C=O) groups is 2. The minimum Gasteiger partial charge on any atom is -0.361 e. The number of amides is 2. The Morgan fingerprint density at radius 3 is 2.75 bits per heavy atom. The van der Waals surface area contributed by atoms with Gasteiger partial charge >= 0.3 is 0 Å². The fraction of sp³-hybridized carbons (Fsp3) is 0.105. The van der Waals surface area contributed by atoms with Crippen LogP contribution < -0.4 is 10.6 Å². The molecule has 1 heterocycles. The van der Waals surface area contributed by atoms with E-state index in [1.54, 1.807) is 24.3 Å². The first kappa shape index (κ1) is 20.5. The first-order valence-corrected chi connectivity index (χ1v) is 10.3. The Balaban J connectivity index is 1.55. The number of hydrogen-bond donors (Lipinski definition) is 2. The van der Waals surface area contributed by atoms with Gasteiger partial charge in [-0.1, -0.05) is 40.2 Å². The van der Waals surface area contributed by atoms with E-state index in [9.17, 15) is 14.0 Å². The highest BCUT2D eigenvalue weighted by molar-refractivity contribution is 9.10. The lowest BCUT2D eigenvalue weighted by Gasteiger charge is -2.15. The van der Waals surface area contributed by atoms with Gasteiger partial charge in [-0.2, -0.15) is 0 Å². The van der Waals surface area contributed by atoms with Crippen LogP contribution in [0, 0.1) is 5.82 Å². The molecule has 0 bridgehead atoms. The van der Waals surface area contributed by atoms with Crippen LogP contribution in [0.15, 0.2) is 57.9 Å². The topological polar surface area (TPSA) is 61.4 Å². The van der Waals surface area contributed by atoms with Gasteiger partial charge in [0.2, 0.25) is 0 Å². The van der Waals surface area contributed by atoms with Crippen molar-refractivity contribution in [2.45, 2.75) is 0 Å². The number of thiocarbonyl (C=S) groups is 1. The normalized spacial score (nSPS) is 15.2. The van der Waals surface area contributed by atoms with E-state index in [0.717, 1.165) is 26.7 Å². The molecule has 1 aliphatic heterocycles. The van der Waals surface area contributed by atoms with Gasteiger partial charge in [-0.3, -0.25) is 14.5 Å². The summed E-state index contributed by atoms with van der Waals surface area (Å²) in [5, 5.41) is 5.49. The van der Waals surface area contributed by atoms with Crippen molar-refractivity contribution in [1.29, 1.82) is 0 Å². The maximum Gasteiger partial charge on any atom is 0.293 e. The molecule has 1 fully saturated rings. The van der Waals surface area contributed by atoms with Gasteiger partial charge < -0.3 is 10.6 Å². The van der Waals surface area contributed by atoms with Crippen LogP contribution in [0.25, 0.3) is 6.08 Å². The van der Waals surface area contributed by atoms with Gasteiger partial charge in [0.15, 0.2) is 5.11 Å². The van der Waals surface area contributed by atoms with Crippen molar-refractivity contribution in [2.24, 2.45) is 0 Å². The van der Waals surface area contributed by atoms with E-state index in [-0.39, 0.29) is 35.0 Å². The molecule has 0 saturated carbocycles. The maximum atomic E-state index is 13.6. The Morgan fingerprint density at radius 2 is 2.00 bits per heavy atom. The van der Waals surface area contributed by atoms with Gasteiger partial charge in [0.1, 0.15) is 5.82 Å². The predicted octanol–water partition coefficient (Wildman–Crippen LogP) is 4.61. The molecule has 2 aromatic rings. The number of anilines is 1. The lowest BCUT2D eigenvalue weighted by Crippen LogP contribution is -2.38. The highest BCUT2D eigenvalue weighted by Gasteiger charge is 2.34. The Morgan fingerprint density at radius 1 is 1.21 bits per heavy atom. The molecule has 144 valence electrons. The second-order valence-electron chi connectivity index (χ2n) is 5.75. The maximum absolute atomic E-state index is 13.6.